The van der Waals surface area contributed by atoms with Gasteiger partial charge in [0.1, 0.15) is 48.0 Å². The zero-order valence-corrected chi connectivity index (χ0v) is 41.4. The standard InChI is InChI=1S/C47H63N13O10S2/c1-50-24-39(62)54-33(9-5-16-52-47(48)49)44(67)60-25-31-22-38(60)43(66)56-34(19-28-11-13-30(61)14-12-28)41(64)55-32(15-18-71-72-31)40(63)57-35(21-29-23-51-26-53-29)45(68)59-17-6-10-37(59)42(65)58-36(46(69)70)20-27-7-3-2-4-8-27/h2-4,7-8,11-14,23,26,31-38,50,61H,5-6,9-10,15-22,24-25H2,1H3,(H,51,53)(H,54,62)(H,55,64)(H,56,66)(H,57,63)(H,58,65)(H,69,70)(H4,48,49,52)/t31-,32+,33+,34+,35+,36+,37+,38+/m1/s1. The maximum absolute atomic E-state index is 14.6. The van der Waals surface area contributed by atoms with Crippen LogP contribution in [0.4, 0.5) is 0 Å². The lowest BCUT2D eigenvalue weighted by molar-refractivity contribution is -0.145. The summed E-state index contributed by atoms with van der Waals surface area (Å²) in [6.07, 6.45) is 4.27. The number of carbonyl (C=O) groups excluding carboxylic acids is 7. The van der Waals surface area contributed by atoms with E-state index in [-0.39, 0.29) is 88.1 Å². The Kier molecular flexibility index (Phi) is 20.1. The molecule has 3 aliphatic rings. The van der Waals surface area contributed by atoms with Crippen LogP contribution in [0.5, 0.6) is 5.75 Å². The van der Waals surface area contributed by atoms with Crippen LogP contribution >= 0.6 is 21.6 Å². The molecule has 25 heteroatoms. The van der Waals surface area contributed by atoms with Crippen molar-refractivity contribution < 1.29 is 48.6 Å². The van der Waals surface area contributed by atoms with E-state index in [1.165, 1.54) is 56.0 Å². The highest BCUT2D eigenvalue weighted by atomic mass is 33.1. The molecule has 3 aromatic rings. The lowest BCUT2D eigenvalue weighted by Crippen LogP contribution is -2.60. The maximum atomic E-state index is 14.6. The number of carboxylic acids is 1. The van der Waals surface area contributed by atoms with Crippen LogP contribution in [-0.2, 0) is 57.6 Å². The van der Waals surface area contributed by atoms with Gasteiger partial charge in [0, 0.05) is 61.8 Å². The van der Waals surface area contributed by atoms with E-state index in [2.05, 4.69) is 46.9 Å². The second kappa shape index (κ2) is 26.5. The first-order valence-electron chi connectivity index (χ1n) is 23.7. The van der Waals surface area contributed by atoms with E-state index in [0.717, 1.165) is 0 Å². The number of hydrogen-bond acceptors (Lipinski definition) is 14. The third-order valence-corrected chi connectivity index (χ3v) is 15.3. The highest BCUT2D eigenvalue weighted by Gasteiger charge is 2.44. The lowest BCUT2D eigenvalue weighted by atomic mass is 10.0. The topological polar surface area (TPSA) is 349 Å². The number of amides is 7. The minimum absolute atomic E-state index is 0.0201. The zero-order chi connectivity index (χ0) is 51.7. The van der Waals surface area contributed by atoms with Gasteiger partial charge in [0.15, 0.2) is 5.96 Å². The van der Waals surface area contributed by atoms with E-state index in [1.54, 1.807) is 49.5 Å². The molecule has 13 N–H and O–H groups in total. The van der Waals surface area contributed by atoms with Gasteiger partial charge < -0.3 is 68.4 Å². The zero-order valence-electron chi connectivity index (χ0n) is 39.8. The third kappa shape index (κ3) is 15.6. The number of phenolic OH excluding ortho intramolecular Hbond substituents is 1. The number of aromatic nitrogens is 2. The molecule has 1 aromatic heterocycles. The largest absolute Gasteiger partial charge is 0.508 e. The molecule has 4 heterocycles. The predicted octanol–water partition coefficient (Wildman–Crippen LogP) is -1.33. The Balaban J connectivity index is 1.22. The molecule has 0 aliphatic carbocycles. The number of nitrogens with two attached hydrogens (primary N) is 2. The number of aliphatic carboxylic acids is 1. The second-order valence-electron chi connectivity index (χ2n) is 17.8. The fourth-order valence-electron chi connectivity index (χ4n) is 8.83. The Bertz CT molecular complexity index is 2390. The molecule has 388 valence electrons. The Morgan fingerprint density at radius 2 is 1.61 bits per heavy atom. The molecule has 3 saturated heterocycles. The second-order valence-corrected chi connectivity index (χ2v) is 20.6. The predicted molar refractivity (Wildman–Crippen MR) is 269 cm³/mol. The highest BCUT2D eigenvalue weighted by Crippen LogP contribution is 2.37. The van der Waals surface area contributed by atoms with Crippen molar-refractivity contribution in [1.29, 1.82) is 0 Å². The van der Waals surface area contributed by atoms with E-state index in [4.69, 9.17) is 11.5 Å². The van der Waals surface area contributed by atoms with E-state index >= 15 is 0 Å². The molecule has 2 aromatic carbocycles. The number of guanidine groups is 1. The minimum Gasteiger partial charge on any atom is -0.508 e. The summed E-state index contributed by atoms with van der Waals surface area (Å²) in [5.41, 5.74) is 12.7. The van der Waals surface area contributed by atoms with Crippen molar-refractivity contribution in [1.82, 2.24) is 51.7 Å². The lowest BCUT2D eigenvalue weighted by Gasteiger charge is -2.31. The van der Waals surface area contributed by atoms with Gasteiger partial charge >= 0.3 is 5.97 Å². The molecular formula is C47H63N13O10S2. The summed E-state index contributed by atoms with van der Waals surface area (Å²) in [4.78, 5) is 125. The monoisotopic (exact) mass is 1030 g/mol. The van der Waals surface area contributed by atoms with Crippen molar-refractivity contribution in [2.75, 3.05) is 39.0 Å². The van der Waals surface area contributed by atoms with Crippen LogP contribution in [0.3, 0.4) is 0 Å². The number of nitrogens with one attached hydrogen (secondary N) is 7. The Labute approximate surface area is 424 Å². The number of nitrogens with zero attached hydrogens (tertiary/aromatic N) is 4. The van der Waals surface area contributed by atoms with Gasteiger partial charge in [0.05, 0.1) is 12.9 Å². The van der Waals surface area contributed by atoms with Crippen LogP contribution in [0.15, 0.2) is 72.1 Å². The van der Waals surface area contributed by atoms with Gasteiger partial charge in [-0.05, 0) is 68.8 Å². The third-order valence-electron chi connectivity index (χ3n) is 12.4. The number of fused-ring (bicyclic) bond motifs is 2. The first-order valence-corrected chi connectivity index (χ1v) is 26.1. The number of aliphatic imine (C=N–C) groups is 1. The number of H-pyrrole nitrogens is 1. The number of imidazole rings is 1. The maximum Gasteiger partial charge on any atom is 0.326 e. The van der Waals surface area contributed by atoms with Crippen molar-refractivity contribution in [3.05, 3.63) is 83.9 Å². The fraction of sp³-hybridized carbons (Fsp3) is 0.489. The molecule has 3 aliphatic heterocycles. The van der Waals surface area contributed by atoms with Crippen LogP contribution in [-0.4, -0.2) is 170 Å². The summed E-state index contributed by atoms with van der Waals surface area (Å²) in [5, 5.41) is 36.4. The number of benzene rings is 2. The number of rotatable bonds is 20. The van der Waals surface area contributed by atoms with Crippen molar-refractivity contribution >= 4 is 74.9 Å². The van der Waals surface area contributed by atoms with Crippen LogP contribution in [0.1, 0.15) is 55.3 Å². The SMILES string of the molecule is CNCC(=O)N[C@@H](CCCN=C(N)N)C(=O)N1C[C@H]2C[C@H]1C(=O)N[C@@H](Cc1ccc(O)cc1)C(=O)N[C@H](C(=O)N[C@@H](Cc1cnc[nH]1)C(=O)N1CCC[C@H]1C(=O)N[C@@H](Cc1ccccc1)C(=O)O)CCSS2. The highest BCUT2D eigenvalue weighted by molar-refractivity contribution is 8.76. The van der Waals surface area contributed by atoms with Gasteiger partial charge in [-0.15, -0.1) is 0 Å². The fourth-order valence-corrected chi connectivity index (χ4v) is 11.5. The summed E-state index contributed by atoms with van der Waals surface area (Å²) >= 11 is 0. The van der Waals surface area contributed by atoms with Crippen LogP contribution in [0, 0.1) is 0 Å². The van der Waals surface area contributed by atoms with Gasteiger partial charge in [0.25, 0.3) is 0 Å². The van der Waals surface area contributed by atoms with Crippen molar-refractivity contribution in [2.24, 2.45) is 16.5 Å². The molecular weight excluding hydrogens is 971 g/mol. The van der Waals surface area contributed by atoms with Crippen molar-refractivity contribution in [3.63, 3.8) is 0 Å². The summed E-state index contributed by atoms with van der Waals surface area (Å²) in [7, 11) is 4.39. The van der Waals surface area contributed by atoms with E-state index in [9.17, 15) is 48.6 Å². The van der Waals surface area contributed by atoms with Gasteiger partial charge in [-0.1, -0.05) is 64.1 Å². The number of aromatic hydroxyl groups is 1. The van der Waals surface area contributed by atoms with Gasteiger partial charge in [-0.25, -0.2) is 9.78 Å². The normalized spacial score (nSPS) is 21.5. The molecule has 0 saturated carbocycles. The molecule has 6 rings (SSSR count). The number of likely N-dealkylation sites (tertiary alicyclic amines) is 2. The van der Waals surface area contributed by atoms with Crippen LogP contribution in [0.25, 0.3) is 0 Å². The summed E-state index contributed by atoms with van der Waals surface area (Å²) < 4.78 is 0. The number of aromatic amines is 1. The smallest absolute Gasteiger partial charge is 0.326 e. The van der Waals surface area contributed by atoms with Crippen LogP contribution in [0.2, 0.25) is 0 Å². The Hall–Kier alpha value is -6.86. The first-order chi connectivity index (χ1) is 34.6. The average Bonchev–Trinajstić information content (AvgIpc) is 4.16. The molecule has 72 heavy (non-hydrogen) atoms. The molecule has 3 fully saturated rings. The van der Waals surface area contributed by atoms with Gasteiger partial charge in [0.2, 0.25) is 41.4 Å². The molecule has 23 nitrogen and oxygen atoms in total. The Morgan fingerprint density at radius 3 is 2.31 bits per heavy atom. The van der Waals surface area contributed by atoms with Crippen molar-refractivity contribution in [2.45, 2.75) is 105 Å². The van der Waals surface area contributed by atoms with Gasteiger partial charge in [-0.3, -0.25) is 38.6 Å². The number of carboxylic acid groups (broad SMARTS) is 1. The summed E-state index contributed by atoms with van der Waals surface area (Å²) in [6.45, 7) is 0.433. The summed E-state index contributed by atoms with van der Waals surface area (Å²) in [5.74, 6) is -5.35. The molecule has 2 bridgehead atoms. The molecule has 0 spiro atoms. The minimum atomic E-state index is -1.30. The Morgan fingerprint density at radius 1 is 0.875 bits per heavy atom. The average molecular weight is 1030 g/mol. The van der Waals surface area contributed by atoms with E-state index in [1.807, 2.05) is 0 Å². The molecule has 0 radical (unpaired) electrons. The first kappa shape index (κ1) is 54.5. The quantitative estimate of drug-likeness (QED) is 0.0270. The number of phenols is 1. The molecule has 7 amide bonds. The molecule has 0 unspecified atom stereocenters. The van der Waals surface area contributed by atoms with Crippen molar-refractivity contribution in [3.8, 4) is 5.75 Å². The number of likely N-dealkylation sites (N-methyl/N-ethyl adjacent to an activating group) is 1. The van der Waals surface area contributed by atoms with E-state index < -0.39 is 89.6 Å². The number of hydrogen-bond donors (Lipinski definition) is 11. The number of carbonyl (C=O) groups is 8. The van der Waals surface area contributed by atoms with E-state index in [0.29, 0.717) is 35.4 Å². The molecule has 8 atom stereocenters. The summed E-state index contributed by atoms with van der Waals surface area (Å²) in [6, 6.07) is 6.69. The van der Waals surface area contributed by atoms with Crippen LogP contribution < -0.4 is 43.4 Å². The van der Waals surface area contributed by atoms with Gasteiger partial charge in [-0.2, -0.15) is 0 Å².